The Balaban J connectivity index is 2.73. The zero-order chi connectivity index (χ0) is 9.84. The van der Waals surface area contributed by atoms with Crippen molar-refractivity contribution in [2.75, 3.05) is 6.54 Å². The van der Waals surface area contributed by atoms with Crippen molar-refractivity contribution in [1.82, 2.24) is 4.90 Å². The smallest absolute Gasteiger partial charge is 0.407 e. The predicted molar refractivity (Wildman–Crippen MR) is 45.8 cm³/mol. The highest BCUT2D eigenvalue weighted by Crippen LogP contribution is 2.16. The average Bonchev–Trinajstić information content (AvgIpc) is 2.16. The molecule has 1 unspecified atom stereocenters. The van der Waals surface area contributed by atoms with Crippen molar-refractivity contribution in [2.24, 2.45) is 10.9 Å². The molecular weight excluding hydrogens is 174 g/mol. The number of amides is 1. The number of carbonyl (C=O) groups is 1. The molecule has 1 saturated heterocycles. The van der Waals surface area contributed by atoms with E-state index >= 15 is 0 Å². The van der Waals surface area contributed by atoms with E-state index in [9.17, 15) is 4.79 Å². The van der Waals surface area contributed by atoms with E-state index < -0.39 is 12.1 Å². The quantitative estimate of drug-likeness (QED) is 0.237. The lowest BCUT2D eigenvalue weighted by atomic mass is 10.0. The molecule has 0 bridgehead atoms. The van der Waals surface area contributed by atoms with Gasteiger partial charge in [0.1, 0.15) is 0 Å². The van der Waals surface area contributed by atoms with Crippen LogP contribution in [0.3, 0.4) is 0 Å². The van der Waals surface area contributed by atoms with Crippen LogP contribution < -0.4 is 5.73 Å². The number of hydrogen-bond donors (Lipinski definition) is 3. The third-order valence-corrected chi connectivity index (χ3v) is 2.21. The Bertz CT molecular complexity index is 229. The summed E-state index contributed by atoms with van der Waals surface area (Å²) in [5.41, 5.74) is 5.37. The summed E-state index contributed by atoms with van der Waals surface area (Å²) in [7, 11) is 0. The molecule has 0 radical (unpaired) electrons. The number of amidine groups is 1. The molecular formula is C7H13N3O3. The van der Waals surface area contributed by atoms with Crippen molar-refractivity contribution >= 4 is 11.9 Å². The fourth-order valence-electron chi connectivity index (χ4n) is 1.53. The summed E-state index contributed by atoms with van der Waals surface area (Å²) < 4.78 is 0. The maximum absolute atomic E-state index is 10.7. The normalized spacial score (nSPS) is 24.5. The second-order valence-electron chi connectivity index (χ2n) is 3.01. The standard InChI is InChI=1S/C7H13N3O3/c8-6(9-13)5-3-1-2-4-10(5)7(11)12/h5,13H,1-4H2,(H2,8,9)(H,11,12). The van der Waals surface area contributed by atoms with E-state index in [2.05, 4.69) is 5.16 Å². The molecule has 1 fully saturated rings. The lowest BCUT2D eigenvalue weighted by Crippen LogP contribution is -2.50. The molecule has 1 heterocycles. The van der Waals surface area contributed by atoms with Gasteiger partial charge in [0.25, 0.3) is 0 Å². The van der Waals surface area contributed by atoms with Crippen LogP contribution in [-0.4, -0.2) is 39.7 Å². The van der Waals surface area contributed by atoms with Gasteiger partial charge < -0.3 is 16.0 Å². The van der Waals surface area contributed by atoms with Crippen molar-refractivity contribution in [3.63, 3.8) is 0 Å². The van der Waals surface area contributed by atoms with E-state index in [1.165, 1.54) is 4.90 Å². The van der Waals surface area contributed by atoms with Gasteiger partial charge in [-0.2, -0.15) is 0 Å². The van der Waals surface area contributed by atoms with Gasteiger partial charge in [-0.25, -0.2) is 4.79 Å². The van der Waals surface area contributed by atoms with Crippen molar-refractivity contribution < 1.29 is 15.1 Å². The second-order valence-corrected chi connectivity index (χ2v) is 3.01. The van der Waals surface area contributed by atoms with Crippen LogP contribution in [0.15, 0.2) is 5.16 Å². The summed E-state index contributed by atoms with van der Waals surface area (Å²) in [6, 6.07) is -0.462. The summed E-state index contributed by atoms with van der Waals surface area (Å²) >= 11 is 0. The predicted octanol–water partition coefficient (Wildman–Crippen LogP) is 0.265. The molecule has 1 atom stereocenters. The molecule has 0 aliphatic carbocycles. The van der Waals surface area contributed by atoms with Gasteiger partial charge >= 0.3 is 6.09 Å². The molecule has 6 heteroatoms. The molecule has 13 heavy (non-hydrogen) atoms. The molecule has 6 nitrogen and oxygen atoms in total. The Labute approximate surface area is 75.6 Å². The van der Waals surface area contributed by atoms with E-state index in [1.807, 2.05) is 0 Å². The first kappa shape index (κ1) is 9.63. The van der Waals surface area contributed by atoms with Gasteiger partial charge in [-0.05, 0) is 19.3 Å². The summed E-state index contributed by atoms with van der Waals surface area (Å²) in [5.74, 6) is -0.0258. The number of nitrogens with zero attached hydrogens (tertiary/aromatic N) is 2. The van der Waals surface area contributed by atoms with Crippen LogP contribution >= 0.6 is 0 Å². The summed E-state index contributed by atoms with van der Waals surface area (Å²) in [4.78, 5) is 11.9. The maximum atomic E-state index is 10.7. The average molecular weight is 187 g/mol. The molecule has 1 rings (SSSR count). The van der Waals surface area contributed by atoms with Crippen LogP contribution in [0.4, 0.5) is 4.79 Å². The molecule has 0 saturated carbocycles. The first-order valence-corrected chi connectivity index (χ1v) is 4.13. The monoisotopic (exact) mass is 187 g/mol. The molecule has 74 valence electrons. The van der Waals surface area contributed by atoms with E-state index in [4.69, 9.17) is 16.0 Å². The maximum Gasteiger partial charge on any atom is 0.407 e. The largest absolute Gasteiger partial charge is 0.465 e. The summed E-state index contributed by atoms with van der Waals surface area (Å²) in [6.45, 7) is 0.455. The molecule has 0 aromatic carbocycles. The van der Waals surface area contributed by atoms with Crippen molar-refractivity contribution in [3.05, 3.63) is 0 Å². The number of piperidine rings is 1. The van der Waals surface area contributed by atoms with E-state index in [-0.39, 0.29) is 5.84 Å². The minimum absolute atomic E-state index is 0.0258. The highest BCUT2D eigenvalue weighted by molar-refractivity contribution is 5.88. The first-order chi connectivity index (χ1) is 6.16. The summed E-state index contributed by atoms with van der Waals surface area (Å²) in [5, 5.41) is 20.1. The zero-order valence-corrected chi connectivity index (χ0v) is 7.18. The third-order valence-electron chi connectivity index (χ3n) is 2.21. The van der Waals surface area contributed by atoms with Crippen LogP contribution in [-0.2, 0) is 0 Å². The van der Waals surface area contributed by atoms with Crippen molar-refractivity contribution in [2.45, 2.75) is 25.3 Å². The van der Waals surface area contributed by atoms with Gasteiger partial charge in [0.05, 0.1) is 6.04 Å². The van der Waals surface area contributed by atoms with Gasteiger partial charge in [-0.15, -0.1) is 0 Å². The van der Waals surface area contributed by atoms with Gasteiger partial charge in [0, 0.05) is 6.54 Å². The molecule has 1 amide bonds. The van der Waals surface area contributed by atoms with Crippen molar-refractivity contribution in [1.29, 1.82) is 0 Å². The number of rotatable bonds is 1. The Morgan fingerprint density at radius 2 is 2.23 bits per heavy atom. The summed E-state index contributed by atoms with van der Waals surface area (Å²) in [6.07, 6.45) is 1.35. The van der Waals surface area contributed by atoms with Gasteiger partial charge in [0.15, 0.2) is 5.84 Å². The van der Waals surface area contributed by atoms with E-state index in [0.29, 0.717) is 13.0 Å². The highest BCUT2D eigenvalue weighted by atomic mass is 16.4. The molecule has 0 spiro atoms. The molecule has 1 aliphatic heterocycles. The Kier molecular flexibility index (Phi) is 2.94. The first-order valence-electron chi connectivity index (χ1n) is 4.13. The number of hydrogen-bond acceptors (Lipinski definition) is 3. The molecule has 1 aliphatic rings. The second kappa shape index (κ2) is 3.97. The Morgan fingerprint density at radius 1 is 1.54 bits per heavy atom. The van der Waals surface area contributed by atoms with Gasteiger partial charge in [0.2, 0.25) is 0 Å². The molecule has 0 aromatic rings. The number of oxime groups is 1. The number of nitrogens with two attached hydrogens (primary N) is 1. The van der Waals surface area contributed by atoms with Crippen LogP contribution in [0.2, 0.25) is 0 Å². The minimum atomic E-state index is -1.02. The number of carboxylic acid groups (broad SMARTS) is 1. The lowest BCUT2D eigenvalue weighted by molar-refractivity contribution is 0.122. The van der Waals surface area contributed by atoms with Crippen LogP contribution in [0, 0.1) is 0 Å². The van der Waals surface area contributed by atoms with Gasteiger partial charge in [-0.3, -0.25) is 4.90 Å². The lowest BCUT2D eigenvalue weighted by Gasteiger charge is -2.32. The van der Waals surface area contributed by atoms with Crippen molar-refractivity contribution in [3.8, 4) is 0 Å². The Hall–Kier alpha value is -1.46. The van der Waals surface area contributed by atoms with E-state index in [0.717, 1.165) is 12.8 Å². The Morgan fingerprint density at radius 3 is 2.77 bits per heavy atom. The van der Waals surface area contributed by atoms with Crippen LogP contribution in [0.1, 0.15) is 19.3 Å². The molecule has 0 aromatic heterocycles. The van der Waals surface area contributed by atoms with Crippen LogP contribution in [0.25, 0.3) is 0 Å². The highest BCUT2D eigenvalue weighted by Gasteiger charge is 2.29. The fourth-order valence-corrected chi connectivity index (χ4v) is 1.53. The zero-order valence-electron chi connectivity index (χ0n) is 7.18. The van der Waals surface area contributed by atoms with Crippen LogP contribution in [0.5, 0.6) is 0 Å². The molecule has 4 N–H and O–H groups in total. The van der Waals surface area contributed by atoms with E-state index in [1.54, 1.807) is 0 Å². The SMILES string of the molecule is N/C(=N\O)C1CCCCN1C(=O)O. The number of likely N-dealkylation sites (tertiary alicyclic amines) is 1. The van der Waals surface area contributed by atoms with Gasteiger partial charge in [-0.1, -0.05) is 5.16 Å². The third kappa shape index (κ3) is 2.01. The minimum Gasteiger partial charge on any atom is -0.465 e. The fraction of sp³-hybridized carbons (Fsp3) is 0.714. The topological polar surface area (TPSA) is 99.2 Å².